The molecule has 7 rings (SSSR count). The molecule has 8 unspecified atom stereocenters. The van der Waals surface area contributed by atoms with Crippen molar-refractivity contribution in [2.24, 2.45) is 28.4 Å². The van der Waals surface area contributed by atoms with Gasteiger partial charge in [-0.1, -0.05) is 37.1 Å². The minimum Gasteiger partial charge on any atom is -0.504 e. The third-order valence-electron chi connectivity index (χ3n) is 12.8. The first-order valence-corrected chi connectivity index (χ1v) is 19.3. The van der Waals surface area contributed by atoms with Crippen molar-refractivity contribution in [1.82, 2.24) is 10.6 Å². The molecular formula is C42H55N3O9. The highest BCUT2D eigenvalue weighted by atomic mass is 16.5. The van der Waals surface area contributed by atoms with Crippen LogP contribution < -0.4 is 30.6 Å². The van der Waals surface area contributed by atoms with Gasteiger partial charge >= 0.3 is 5.97 Å². The smallest absolute Gasteiger partial charge is 0.311 e. The molecule has 3 aliphatic heterocycles. The van der Waals surface area contributed by atoms with E-state index in [1.807, 2.05) is 18.2 Å². The molecule has 2 aromatic carbocycles. The van der Waals surface area contributed by atoms with Crippen LogP contribution in [0.4, 0.5) is 0 Å². The summed E-state index contributed by atoms with van der Waals surface area (Å²) in [6.07, 6.45) is 13.6. The first-order valence-electron chi connectivity index (χ1n) is 19.3. The fourth-order valence-electron chi connectivity index (χ4n) is 10.7. The zero-order valence-corrected chi connectivity index (χ0v) is 31.4. The average molecular weight is 746 g/mol. The highest BCUT2D eigenvalue weighted by Gasteiger charge is 2.68. The van der Waals surface area contributed by atoms with Crippen LogP contribution in [0.5, 0.6) is 28.7 Å². The molecule has 2 aromatic rings. The van der Waals surface area contributed by atoms with Gasteiger partial charge in [-0.05, 0) is 97.9 Å². The number of ether oxygens (including phenoxy) is 4. The Morgan fingerprint density at radius 2 is 1.80 bits per heavy atom. The number of carboxylic acid groups (broad SMARTS) is 1. The molecular weight excluding hydrogens is 690 g/mol. The van der Waals surface area contributed by atoms with Gasteiger partial charge in [0, 0.05) is 36.4 Å². The van der Waals surface area contributed by atoms with Crippen LogP contribution in [0.15, 0.2) is 66.0 Å². The number of aliphatic hydroxyl groups excluding tert-OH is 1. The Morgan fingerprint density at radius 1 is 1.04 bits per heavy atom. The lowest BCUT2D eigenvalue weighted by atomic mass is 9.46. The van der Waals surface area contributed by atoms with E-state index in [2.05, 4.69) is 29.7 Å². The summed E-state index contributed by atoms with van der Waals surface area (Å²) in [6.45, 7) is 2.83. The number of carboxylic acids is 1. The Hall–Kier alpha value is -4.39. The maximum Gasteiger partial charge on any atom is 0.311 e. The van der Waals surface area contributed by atoms with E-state index in [1.54, 1.807) is 24.3 Å². The molecule has 2 saturated heterocycles. The van der Waals surface area contributed by atoms with Gasteiger partial charge in [-0.25, -0.2) is 0 Å². The van der Waals surface area contributed by atoms with Crippen molar-refractivity contribution in [3.05, 3.63) is 77.2 Å². The second-order valence-corrected chi connectivity index (χ2v) is 15.9. The maximum absolute atomic E-state index is 13.3. The highest BCUT2D eigenvalue weighted by molar-refractivity contribution is 5.75. The fourth-order valence-corrected chi connectivity index (χ4v) is 10.7. The van der Waals surface area contributed by atoms with E-state index in [9.17, 15) is 25.2 Å². The molecule has 0 bridgehead atoms. The number of rotatable bonds is 11. The van der Waals surface area contributed by atoms with E-state index in [0.717, 1.165) is 43.2 Å². The molecule has 12 nitrogen and oxygen atoms in total. The van der Waals surface area contributed by atoms with Crippen LogP contribution >= 0.6 is 0 Å². The van der Waals surface area contributed by atoms with Crippen LogP contribution in [0, 0.1) is 22.7 Å². The van der Waals surface area contributed by atoms with Gasteiger partial charge in [0.05, 0.1) is 44.3 Å². The first kappa shape index (κ1) is 37.9. The number of aryl methyl sites for hydroxylation is 1. The van der Waals surface area contributed by atoms with E-state index in [1.165, 1.54) is 14.2 Å². The lowest BCUT2D eigenvalue weighted by Crippen LogP contribution is -2.69. The van der Waals surface area contributed by atoms with Gasteiger partial charge in [-0.3, -0.25) is 4.79 Å². The molecule has 3 fully saturated rings. The molecule has 3 heterocycles. The van der Waals surface area contributed by atoms with Crippen molar-refractivity contribution < 1.29 is 44.2 Å². The minimum atomic E-state index is -0.855. The molecule has 8 N–H and O–H groups in total. The number of hydrogen-bond donors (Lipinski definition) is 7. The molecule has 1 saturated carbocycles. The third-order valence-corrected chi connectivity index (χ3v) is 12.8. The molecule has 2 aliphatic carbocycles. The monoisotopic (exact) mass is 745 g/mol. The van der Waals surface area contributed by atoms with E-state index >= 15 is 0 Å². The number of carbonyl (C=O) groups is 1. The molecule has 0 aromatic heterocycles. The molecule has 2 spiro atoms. The topological polar surface area (TPSA) is 185 Å². The van der Waals surface area contributed by atoms with Gasteiger partial charge in [0.15, 0.2) is 23.0 Å². The number of hydrogen-bond acceptors (Lipinski definition) is 11. The second-order valence-electron chi connectivity index (χ2n) is 15.9. The SMILES string of the molecule is COc1cc(CCC2CC(O)CC(c3cc(OC)c(O)c(OCC4NC(C)CC5(CCCC5)C45C(C(=O)O)C=CC5C4=CCNC(N)=C4)c3)O2)ccc1O. The number of aliphatic hydroxyl groups is 1. The summed E-state index contributed by atoms with van der Waals surface area (Å²) >= 11 is 0. The highest BCUT2D eigenvalue weighted by Crippen LogP contribution is 2.68. The van der Waals surface area contributed by atoms with Gasteiger partial charge in [0.25, 0.3) is 0 Å². The summed E-state index contributed by atoms with van der Waals surface area (Å²) in [5.74, 6) is -0.511. The van der Waals surface area contributed by atoms with Crippen molar-refractivity contribution >= 4 is 5.97 Å². The predicted octanol–water partition coefficient (Wildman–Crippen LogP) is 5.22. The van der Waals surface area contributed by atoms with Gasteiger partial charge in [0.1, 0.15) is 6.61 Å². The number of aliphatic carboxylic acids is 1. The van der Waals surface area contributed by atoms with Crippen LogP contribution in [0.2, 0.25) is 0 Å². The summed E-state index contributed by atoms with van der Waals surface area (Å²) in [4.78, 5) is 13.3. The number of nitrogens with one attached hydrogen (secondary N) is 2. The number of methoxy groups -OCH3 is 2. The predicted molar refractivity (Wildman–Crippen MR) is 202 cm³/mol. The average Bonchev–Trinajstić information content (AvgIpc) is 3.79. The van der Waals surface area contributed by atoms with Crippen molar-refractivity contribution in [3.8, 4) is 28.7 Å². The van der Waals surface area contributed by atoms with E-state index in [0.29, 0.717) is 49.4 Å². The summed E-state index contributed by atoms with van der Waals surface area (Å²) in [7, 11) is 3.00. The quantitative estimate of drug-likeness (QED) is 0.149. The number of allylic oxidation sites excluding steroid dienone is 3. The number of aromatic hydroxyl groups is 2. The van der Waals surface area contributed by atoms with Crippen LogP contribution in [-0.4, -0.2) is 78.1 Å². The Balaban J connectivity index is 1.18. The Kier molecular flexibility index (Phi) is 10.8. The number of dihydropyridines is 1. The van der Waals surface area contributed by atoms with Crippen LogP contribution in [0.3, 0.4) is 0 Å². The van der Waals surface area contributed by atoms with Gasteiger partial charge < -0.3 is 55.7 Å². The van der Waals surface area contributed by atoms with Crippen molar-refractivity contribution in [2.75, 3.05) is 27.4 Å². The largest absolute Gasteiger partial charge is 0.504 e. The number of phenolic OH excluding ortho intramolecular Hbond substituents is 2. The van der Waals surface area contributed by atoms with Crippen LogP contribution in [0.1, 0.15) is 75.5 Å². The molecule has 0 radical (unpaired) electrons. The Bertz CT molecular complexity index is 1800. The zero-order valence-electron chi connectivity index (χ0n) is 31.4. The normalized spacial score (nSPS) is 31.5. The van der Waals surface area contributed by atoms with E-state index in [-0.39, 0.29) is 53.1 Å². The van der Waals surface area contributed by atoms with Crippen molar-refractivity contribution in [2.45, 2.75) is 95.1 Å². The number of piperidine rings is 1. The molecule has 12 heteroatoms. The third kappa shape index (κ3) is 6.88. The molecule has 54 heavy (non-hydrogen) atoms. The van der Waals surface area contributed by atoms with Crippen molar-refractivity contribution in [3.63, 3.8) is 0 Å². The fraction of sp³-hybridized carbons (Fsp3) is 0.548. The minimum absolute atomic E-state index is 0.0786. The Morgan fingerprint density at radius 3 is 2.52 bits per heavy atom. The van der Waals surface area contributed by atoms with Gasteiger partial charge in [-0.2, -0.15) is 0 Å². The summed E-state index contributed by atoms with van der Waals surface area (Å²) < 4.78 is 24.1. The molecule has 5 aliphatic rings. The van der Waals surface area contributed by atoms with Crippen molar-refractivity contribution in [1.29, 1.82) is 0 Å². The van der Waals surface area contributed by atoms with Gasteiger partial charge in [0.2, 0.25) is 5.75 Å². The zero-order chi connectivity index (χ0) is 38.2. The summed E-state index contributed by atoms with van der Waals surface area (Å²) in [5.41, 5.74) is 7.96. The van der Waals surface area contributed by atoms with Gasteiger partial charge in [-0.15, -0.1) is 0 Å². The molecule has 8 atom stereocenters. The van der Waals surface area contributed by atoms with E-state index < -0.39 is 35.6 Å². The molecule has 0 amide bonds. The lowest BCUT2D eigenvalue weighted by molar-refractivity contribution is -0.160. The lowest BCUT2D eigenvalue weighted by Gasteiger charge is -2.61. The van der Waals surface area contributed by atoms with Crippen LogP contribution in [0.25, 0.3) is 0 Å². The second kappa shape index (κ2) is 15.4. The van der Waals surface area contributed by atoms with E-state index in [4.69, 9.17) is 24.7 Å². The first-order chi connectivity index (χ1) is 26.0. The molecule has 292 valence electrons. The Labute approximate surface area is 317 Å². The standard InChI is InChI=1S/C42H55N3O9/c1-24-22-41(13-4-5-14-41)42(30(9-10-31(42)40(49)50)26-12-15-44-38(43)19-26)37(45-24)23-53-36-18-27(17-35(52-3)39(36)48)33-21-28(46)20-29(54-33)8-6-25-7-11-32(47)34(16-25)51-2/h7,9-12,16-19,24,28-31,33,37,44-48H,4-6,8,13-15,20-23,43H2,1-3H3,(H,49,50). The number of benzene rings is 2. The summed E-state index contributed by atoms with van der Waals surface area (Å²) in [5, 5.41) is 50.3. The maximum atomic E-state index is 13.3. The number of phenols is 2. The summed E-state index contributed by atoms with van der Waals surface area (Å²) in [6, 6.07) is 8.47. The number of nitrogens with two attached hydrogens (primary N) is 1. The number of fused-ring (bicyclic) bond motifs is 1. The van der Waals surface area contributed by atoms with Crippen LogP contribution in [-0.2, 0) is 16.0 Å².